The van der Waals surface area contributed by atoms with Crippen LogP contribution in [0.15, 0.2) is 54.6 Å². The lowest BCUT2D eigenvalue weighted by Crippen LogP contribution is -2.44. The number of aromatic nitrogens is 2. The lowest BCUT2D eigenvalue weighted by molar-refractivity contribution is -0.135. The van der Waals surface area contributed by atoms with Crippen molar-refractivity contribution in [2.24, 2.45) is 0 Å². The molecule has 32 heavy (non-hydrogen) atoms. The number of para-hydroxylation sites is 3. The molecule has 0 bridgehead atoms. The smallest absolute Gasteiger partial charge is 0.257 e. The number of rotatable bonds is 10. The van der Waals surface area contributed by atoms with Crippen molar-refractivity contribution in [1.82, 2.24) is 19.8 Å². The molecule has 1 aromatic heterocycles. The molecule has 7 nitrogen and oxygen atoms in total. The summed E-state index contributed by atoms with van der Waals surface area (Å²) in [5.74, 6) is 1.29. The molecule has 0 fully saturated rings. The monoisotopic (exact) mass is 436 g/mol. The molecule has 2 aromatic carbocycles. The second-order valence-electron chi connectivity index (χ2n) is 8.29. The molecule has 0 saturated carbocycles. The molecule has 0 aliphatic rings. The molecule has 0 aliphatic heterocycles. The van der Waals surface area contributed by atoms with Crippen molar-refractivity contribution in [3.63, 3.8) is 0 Å². The summed E-state index contributed by atoms with van der Waals surface area (Å²) in [6.07, 6.45) is 0.516. The Balaban J connectivity index is 1.66. The highest BCUT2D eigenvalue weighted by Gasteiger charge is 2.22. The van der Waals surface area contributed by atoms with E-state index in [2.05, 4.69) is 5.32 Å². The number of carbonyl (C=O) groups excluding carboxylic acids is 2. The van der Waals surface area contributed by atoms with Gasteiger partial charge in [-0.2, -0.15) is 0 Å². The fourth-order valence-corrected chi connectivity index (χ4v) is 3.91. The first-order chi connectivity index (χ1) is 15.4. The summed E-state index contributed by atoms with van der Waals surface area (Å²) in [5, 5.41) is 2.87. The van der Waals surface area contributed by atoms with Crippen molar-refractivity contribution < 1.29 is 14.3 Å². The zero-order valence-electron chi connectivity index (χ0n) is 19.2. The summed E-state index contributed by atoms with van der Waals surface area (Å²) < 4.78 is 7.44. The third kappa shape index (κ3) is 5.87. The number of nitrogens with zero attached hydrogens (tertiary/aromatic N) is 3. The van der Waals surface area contributed by atoms with Gasteiger partial charge in [0.15, 0.2) is 6.61 Å². The summed E-state index contributed by atoms with van der Waals surface area (Å²) in [6.45, 7) is 8.69. The lowest BCUT2D eigenvalue weighted by atomic mass is 10.2. The molecule has 170 valence electrons. The van der Waals surface area contributed by atoms with E-state index in [1.165, 1.54) is 0 Å². The van der Waals surface area contributed by atoms with Crippen LogP contribution in [-0.2, 0) is 22.6 Å². The largest absolute Gasteiger partial charge is 0.484 e. The molecule has 2 amide bonds. The Morgan fingerprint density at radius 1 is 1.00 bits per heavy atom. The number of hydrogen-bond acceptors (Lipinski definition) is 4. The second-order valence-corrected chi connectivity index (χ2v) is 8.29. The van der Waals surface area contributed by atoms with E-state index in [0.29, 0.717) is 18.7 Å². The predicted octanol–water partition coefficient (Wildman–Crippen LogP) is 3.42. The average Bonchev–Trinajstić information content (AvgIpc) is 3.10. The molecule has 3 aromatic rings. The number of amides is 2. The highest BCUT2D eigenvalue weighted by Crippen LogP contribution is 2.18. The van der Waals surface area contributed by atoms with Crippen LogP contribution in [0.1, 0.15) is 33.5 Å². The zero-order chi connectivity index (χ0) is 23.1. The van der Waals surface area contributed by atoms with E-state index in [0.717, 1.165) is 16.9 Å². The molecule has 0 atom stereocenters. The SMILES string of the molecule is CC(C)N(C(=O)Cn1c(CCNC(=O)COc2ccccc2)nc2ccccc21)C(C)C. The number of fused-ring (bicyclic) bond motifs is 1. The maximum Gasteiger partial charge on any atom is 0.257 e. The first kappa shape index (κ1) is 23.3. The maximum atomic E-state index is 13.1. The van der Waals surface area contributed by atoms with Crippen LogP contribution in [-0.4, -0.2) is 51.5 Å². The maximum absolute atomic E-state index is 13.1. The van der Waals surface area contributed by atoms with E-state index in [-0.39, 0.29) is 37.0 Å². The minimum Gasteiger partial charge on any atom is -0.484 e. The number of ether oxygens (including phenoxy) is 1. The van der Waals surface area contributed by atoms with Crippen molar-refractivity contribution in [3.05, 3.63) is 60.4 Å². The first-order valence-corrected chi connectivity index (χ1v) is 11.1. The summed E-state index contributed by atoms with van der Waals surface area (Å²) in [7, 11) is 0. The third-order valence-electron chi connectivity index (χ3n) is 5.21. The minimum absolute atomic E-state index is 0.0450. The molecule has 1 heterocycles. The molecule has 7 heteroatoms. The van der Waals surface area contributed by atoms with Crippen LogP contribution in [0.3, 0.4) is 0 Å². The Labute approximate surface area is 189 Å². The van der Waals surface area contributed by atoms with Gasteiger partial charge < -0.3 is 19.5 Å². The molecular weight excluding hydrogens is 404 g/mol. The molecule has 3 rings (SSSR count). The van der Waals surface area contributed by atoms with Gasteiger partial charge in [0, 0.05) is 25.0 Å². The second kappa shape index (κ2) is 10.8. The molecule has 0 unspecified atom stereocenters. The van der Waals surface area contributed by atoms with Crippen molar-refractivity contribution in [2.75, 3.05) is 13.2 Å². The van der Waals surface area contributed by atoms with Crippen LogP contribution in [0.5, 0.6) is 5.75 Å². The van der Waals surface area contributed by atoms with Crippen LogP contribution in [0.4, 0.5) is 0 Å². The van der Waals surface area contributed by atoms with E-state index in [4.69, 9.17) is 9.72 Å². The van der Waals surface area contributed by atoms with Crippen LogP contribution < -0.4 is 10.1 Å². The molecule has 1 N–H and O–H groups in total. The normalized spacial score (nSPS) is 11.2. The summed E-state index contributed by atoms with van der Waals surface area (Å²) in [4.78, 5) is 31.8. The van der Waals surface area contributed by atoms with Gasteiger partial charge in [-0.3, -0.25) is 9.59 Å². The van der Waals surface area contributed by atoms with Gasteiger partial charge in [0.25, 0.3) is 5.91 Å². The van der Waals surface area contributed by atoms with Crippen LogP contribution in [0, 0.1) is 0 Å². The van der Waals surface area contributed by atoms with Crippen molar-refractivity contribution >= 4 is 22.8 Å². The van der Waals surface area contributed by atoms with Crippen LogP contribution >= 0.6 is 0 Å². The van der Waals surface area contributed by atoms with E-state index in [1.54, 1.807) is 0 Å². The summed E-state index contributed by atoms with van der Waals surface area (Å²) in [5.41, 5.74) is 1.76. The summed E-state index contributed by atoms with van der Waals surface area (Å²) in [6, 6.07) is 17.3. The van der Waals surface area contributed by atoms with E-state index in [1.807, 2.05) is 91.8 Å². The fraction of sp³-hybridized carbons (Fsp3) is 0.400. The quantitative estimate of drug-likeness (QED) is 0.528. The highest BCUT2D eigenvalue weighted by atomic mass is 16.5. The number of nitrogens with one attached hydrogen (secondary N) is 1. The van der Waals surface area contributed by atoms with Gasteiger partial charge in [0.2, 0.25) is 5.91 Å². The minimum atomic E-state index is -0.196. The Morgan fingerprint density at radius 3 is 2.34 bits per heavy atom. The molecular formula is C25H32N4O3. The van der Waals surface area contributed by atoms with Gasteiger partial charge in [-0.25, -0.2) is 4.98 Å². The number of carbonyl (C=O) groups is 2. The standard InChI is InChI=1S/C25H32N4O3/c1-18(2)29(19(3)4)25(31)16-28-22-13-9-8-12-21(22)27-23(28)14-15-26-24(30)17-32-20-10-6-5-7-11-20/h5-13,18-19H,14-17H2,1-4H3,(H,26,30). The third-order valence-corrected chi connectivity index (χ3v) is 5.21. The molecule has 0 spiro atoms. The van der Waals surface area contributed by atoms with Crippen molar-refractivity contribution in [1.29, 1.82) is 0 Å². The van der Waals surface area contributed by atoms with Gasteiger partial charge in [-0.05, 0) is 52.0 Å². The lowest BCUT2D eigenvalue weighted by Gasteiger charge is -2.31. The van der Waals surface area contributed by atoms with Gasteiger partial charge in [-0.1, -0.05) is 30.3 Å². The van der Waals surface area contributed by atoms with Gasteiger partial charge >= 0.3 is 0 Å². The zero-order valence-corrected chi connectivity index (χ0v) is 19.2. The van der Waals surface area contributed by atoms with E-state index >= 15 is 0 Å². The Bertz CT molecular complexity index is 1040. The highest BCUT2D eigenvalue weighted by molar-refractivity contribution is 5.81. The van der Waals surface area contributed by atoms with E-state index in [9.17, 15) is 9.59 Å². The molecule has 0 radical (unpaired) electrons. The molecule has 0 aliphatic carbocycles. The van der Waals surface area contributed by atoms with E-state index < -0.39 is 0 Å². The number of hydrogen-bond donors (Lipinski definition) is 1. The van der Waals surface area contributed by atoms with Gasteiger partial charge in [0.05, 0.1) is 11.0 Å². The van der Waals surface area contributed by atoms with Crippen molar-refractivity contribution in [3.8, 4) is 5.75 Å². The number of imidazole rings is 1. The molecule has 0 saturated heterocycles. The van der Waals surface area contributed by atoms with Crippen LogP contribution in [0.2, 0.25) is 0 Å². The van der Waals surface area contributed by atoms with Gasteiger partial charge in [0.1, 0.15) is 18.1 Å². The topological polar surface area (TPSA) is 76.5 Å². The van der Waals surface area contributed by atoms with Crippen LogP contribution in [0.25, 0.3) is 11.0 Å². The fourth-order valence-electron chi connectivity index (χ4n) is 3.91. The first-order valence-electron chi connectivity index (χ1n) is 11.1. The Kier molecular flexibility index (Phi) is 7.87. The number of benzene rings is 2. The van der Waals surface area contributed by atoms with Gasteiger partial charge in [-0.15, -0.1) is 0 Å². The Morgan fingerprint density at radius 2 is 1.66 bits per heavy atom. The predicted molar refractivity (Wildman–Crippen MR) is 126 cm³/mol. The van der Waals surface area contributed by atoms with Crippen molar-refractivity contribution in [2.45, 2.75) is 52.7 Å². The Hall–Kier alpha value is -3.35. The summed E-state index contributed by atoms with van der Waals surface area (Å²) >= 11 is 0. The average molecular weight is 437 g/mol.